The number of hydrogen-bond acceptors (Lipinski definition) is 6. The number of nitrogens with zero attached hydrogens (tertiary/aromatic N) is 6. The van der Waals surface area contributed by atoms with Crippen LogP contribution in [0.15, 0.2) is 24.5 Å². The molecule has 2 aromatic heterocycles. The van der Waals surface area contributed by atoms with Gasteiger partial charge in [-0.05, 0) is 13.0 Å². The van der Waals surface area contributed by atoms with E-state index in [-0.39, 0.29) is 23.9 Å². The number of hydrogen-bond donors (Lipinski definition) is 1. The second-order valence-electron chi connectivity index (χ2n) is 6.33. The highest BCUT2D eigenvalue weighted by Gasteiger charge is 2.35. The van der Waals surface area contributed by atoms with Gasteiger partial charge in [-0.3, -0.25) is 4.79 Å². The summed E-state index contributed by atoms with van der Waals surface area (Å²) in [5.41, 5.74) is 1.50. The summed E-state index contributed by atoms with van der Waals surface area (Å²) in [6.07, 6.45) is 1.46. The number of nitrogens with one attached hydrogen (secondary N) is 1. The maximum Gasteiger partial charge on any atom is 0.226 e. The van der Waals surface area contributed by atoms with Crippen LogP contribution in [-0.2, 0) is 17.9 Å². The maximum atomic E-state index is 13.6. The van der Waals surface area contributed by atoms with Crippen LogP contribution in [0.3, 0.4) is 0 Å². The number of rotatable bonds is 5. The van der Waals surface area contributed by atoms with Crippen LogP contribution in [0.4, 0.5) is 14.6 Å². The van der Waals surface area contributed by atoms with E-state index >= 15 is 0 Å². The van der Waals surface area contributed by atoms with Crippen molar-refractivity contribution in [3.8, 4) is 0 Å². The predicted octanol–water partition coefficient (Wildman–Crippen LogP) is 1.27. The summed E-state index contributed by atoms with van der Waals surface area (Å²) < 4.78 is 28.2. The average molecular weight is 373 g/mol. The van der Waals surface area contributed by atoms with Crippen LogP contribution < -0.4 is 10.2 Å². The highest BCUT2D eigenvalue weighted by Crippen LogP contribution is 2.27. The number of halogens is 2. The van der Waals surface area contributed by atoms with Crippen molar-refractivity contribution in [1.82, 2.24) is 30.3 Å². The van der Waals surface area contributed by atoms with Gasteiger partial charge in [0.1, 0.15) is 18.0 Å². The minimum absolute atomic E-state index is 0.0179. The molecule has 0 atom stereocenters. The molecule has 1 aliphatic heterocycles. The Hall–Kier alpha value is -3.17. The molecule has 0 bridgehead atoms. The molecule has 1 saturated heterocycles. The monoisotopic (exact) mass is 373 g/mol. The minimum Gasteiger partial charge on any atom is -0.353 e. The Morgan fingerprint density at radius 2 is 2.11 bits per heavy atom. The van der Waals surface area contributed by atoms with E-state index in [2.05, 4.69) is 25.6 Å². The Morgan fingerprint density at radius 3 is 2.85 bits per heavy atom. The highest BCUT2D eigenvalue weighted by molar-refractivity contribution is 5.86. The highest BCUT2D eigenvalue weighted by atomic mass is 19.1. The predicted molar refractivity (Wildman–Crippen MR) is 92.7 cm³/mol. The lowest BCUT2D eigenvalue weighted by Crippen LogP contribution is -2.54. The molecule has 10 heteroatoms. The first-order valence-electron chi connectivity index (χ1n) is 8.57. The molecular formula is C17H17F2N7O. The van der Waals surface area contributed by atoms with Gasteiger partial charge in [0.15, 0.2) is 17.0 Å². The molecule has 1 amide bonds. The number of fused-ring (bicyclic) bond motifs is 1. The van der Waals surface area contributed by atoms with Gasteiger partial charge in [-0.2, -0.15) is 0 Å². The Morgan fingerprint density at radius 1 is 1.30 bits per heavy atom. The van der Waals surface area contributed by atoms with Crippen LogP contribution >= 0.6 is 0 Å². The Balaban J connectivity index is 1.38. The zero-order valence-corrected chi connectivity index (χ0v) is 14.6. The molecule has 0 unspecified atom stereocenters. The second-order valence-corrected chi connectivity index (χ2v) is 6.33. The van der Waals surface area contributed by atoms with Crippen LogP contribution in [0.25, 0.3) is 11.2 Å². The van der Waals surface area contributed by atoms with Crippen molar-refractivity contribution in [2.75, 3.05) is 18.0 Å². The van der Waals surface area contributed by atoms with Crippen LogP contribution in [0.2, 0.25) is 0 Å². The molecule has 0 saturated carbocycles. The summed E-state index contributed by atoms with van der Waals surface area (Å²) in [5, 5.41) is 10.9. The molecule has 1 aliphatic rings. The molecule has 4 rings (SSSR count). The molecule has 0 radical (unpaired) electrons. The molecule has 1 N–H and O–H groups in total. The molecular weight excluding hydrogens is 356 g/mol. The van der Waals surface area contributed by atoms with Crippen LogP contribution in [0.1, 0.15) is 12.5 Å². The van der Waals surface area contributed by atoms with Gasteiger partial charge in [-0.25, -0.2) is 23.4 Å². The van der Waals surface area contributed by atoms with Crippen molar-refractivity contribution < 1.29 is 13.6 Å². The summed E-state index contributed by atoms with van der Waals surface area (Å²) in [5.74, 6) is -1.09. The van der Waals surface area contributed by atoms with Gasteiger partial charge in [0.05, 0.1) is 5.92 Å². The fraction of sp³-hybridized carbons (Fsp3) is 0.353. The Bertz CT molecular complexity index is 1000. The molecule has 3 aromatic rings. The van der Waals surface area contributed by atoms with Crippen molar-refractivity contribution in [3.63, 3.8) is 0 Å². The van der Waals surface area contributed by atoms with Gasteiger partial charge in [-0.1, -0.05) is 11.3 Å². The molecule has 0 aliphatic carbocycles. The topological polar surface area (TPSA) is 88.8 Å². The number of anilines is 1. The maximum absolute atomic E-state index is 13.6. The molecule has 3 heterocycles. The third kappa shape index (κ3) is 3.18. The number of benzene rings is 1. The number of aryl methyl sites for hydroxylation is 1. The first kappa shape index (κ1) is 17.3. The van der Waals surface area contributed by atoms with E-state index in [1.807, 2.05) is 11.8 Å². The van der Waals surface area contributed by atoms with Gasteiger partial charge < -0.3 is 10.2 Å². The summed E-state index contributed by atoms with van der Waals surface area (Å²) in [4.78, 5) is 22.7. The quantitative estimate of drug-likeness (QED) is 0.725. The first-order valence-corrected chi connectivity index (χ1v) is 8.57. The fourth-order valence-corrected chi connectivity index (χ4v) is 3.03. The second kappa shape index (κ2) is 6.86. The number of carbonyl (C=O) groups is 1. The van der Waals surface area contributed by atoms with Gasteiger partial charge in [0.2, 0.25) is 5.91 Å². The lowest BCUT2D eigenvalue weighted by atomic mass is 9.99. The average Bonchev–Trinajstić information content (AvgIpc) is 3.03. The SMILES string of the molecule is CCn1nnc2c(N3CC(C(=O)NCc4ccc(F)cc4F)C3)ncnc21. The van der Waals surface area contributed by atoms with E-state index < -0.39 is 11.6 Å². The van der Waals surface area contributed by atoms with Gasteiger partial charge in [-0.15, -0.1) is 5.10 Å². The zero-order chi connectivity index (χ0) is 19.0. The Kier molecular flexibility index (Phi) is 4.38. The fourth-order valence-electron chi connectivity index (χ4n) is 3.03. The van der Waals surface area contributed by atoms with Crippen LogP contribution in [0, 0.1) is 17.6 Å². The summed E-state index contributed by atoms with van der Waals surface area (Å²) >= 11 is 0. The van der Waals surface area contributed by atoms with Gasteiger partial charge >= 0.3 is 0 Å². The molecule has 0 spiro atoms. The van der Waals surface area contributed by atoms with E-state index in [0.29, 0.717) is 36.6 Å². The summed E-state index contributed by atoms with van der Waals surface area (Å²) in [7, 11) is 0. The van der Waals surface area contributed by atoms with Crippen molar-refractivity contribution in [1.29, 1.82) is 0 Å². The van der Waals surface area contributed by atoms with E-state index in [9.17, 15) is 13.6 Å². The van der Waals surface area contributed by atoms with Crippen molar-refractivity contribution in [2.24, 2.45) is 5.92 Å². The lowest BCUT2D eigenvalue weighted by molar-refractivity contribution is -0.125. The van der Waals surface area contributed by atoms with E-state index in [1.54, 1.807) is 4.68 Å². The van der Waals surface area contributed by atoms with E-state index in [0.717, 1.165) is 6.07 Å². The van der Waals surface area contributed by atoms with Gasteiger partial charge in [0.25, 0.3) is 0 Å². The van der Waals surface area contributed by atoms with E-state index in [1.165, 1.54) is 18.5 Å². The van der Waals surface area contributed by atoms with Crippen LogP contribution in [-0.4, -0.2) is 44.0 Å². The Labute approximate surface area is 153 Å². The molecule has 1 aromatic carbocycles. The number of aromatic nitrogens is 5. The molecule has 8 nitrogen and oxygen atoms in total. The summed E-state index contributed by atoms with van der Waals surface area (Å²) in [6, 6.07) is 3.29. The van der Waals surface area contributed by atoms with E-state index in [4.69, 9.17) is 0 Å². The van der Waals surface area contributed by atoms with Crippen molar-refractivity contribution in [3.05, 3.63) is 41.7 Å². The smallest absolute Gasteiger partial charge is 0.226 e. The first-order chi connectivity index (χ1) is 13.1. The standard InChI is InChI=1S/C17H17F2N7O/c1-2-26-16-14(23-24-26)15(21-9-22-16)25-7-11(8-25)17(27)20-6-10-3-4-12(18)5-13(10)19/h3-5,9,11H,2,6-8H2,1H3,(H,20,27). The largest absolute Gasteiger partial charge is 0.353 e. The number of carbonyl (C=O) groups excluding carboxylic acids is 1. The lowest BCUT2D eigenvalue weighted by Gasteiger charge is -2.38. The number of amides is 1. The van der Waals surface area contributed by atoms with Crippen molar-refractivity contribution >= 4 is 22.9 Å². The molecule has 140 valence electrons. The minimum atomic E-state index is -0.673. The normalized spacial score (nSPS) is 14.4. The molecule has 1 fully saturated rings. The van der Waals surface area contributed by atoms with Gasteiger partial charge in [0, 0.05) is 37.8 Å². The third-order valence-electron chi connectivity index (χ3n) is 4.60. The van der Waals surface area contributed by atoms with Crippen LogP contribution in [0.5, 0.6) is 0 Å². The zero-order valence-electron chi connectivity index (χ0n) is 14.6. The van der Waals surface area contributed by atoms with Crippen molar-refractivity contribution in [2.45, 2.75) is 20.0 Å². The molecule has 27 heavy (non-hydrogen) atoms. The summed E-state index contributed by atoms with van der Waals surface area (Å²) in [6.45, 7) is 3.57. The third-order valence-corrected chi connectivity index (χ3v) is 4.60.